The molecular formula is C15H25N3O2S. The van der Waals surface area contributed by atoms with Gasteiger partial charge in [-0.05, 0) is 39.0 Å². The summed E-state index contributed by atoms with van der Waals surface area (Å²) in [6.45, 7) is 10.9. The summed E-state index contributed by atoms with van der Waals surface area (Å²) < 4.78 is 2.14. The molecule has 118 valence electrons. The summed E-state index contributed by atoms with van der Waals surface area (Å²) in [5.74, 6) is 0.593. The highest BCUT2D eigenvalue weighted by Gasteiger charge is 2.40. The van der Waals surface area contributed by atoms with Gasteiger partial charge in [-0.15, -0.1) is 10.2 Å². The summed E-state index contributed by atoms with van der Waals surface area (Å²) in [5.41, 5.74) is 0.0725. The summed E-state index contributed by atoms with van der Waals surface area (Å²) in [7, 11) is 0. The third-order valence-electron chi connectivity index (χ3n) is 4.22. The van der Waals surface area contributed by atoms with E-state index in [1.807, 2.05) is 0 Å². The minimum Gasteiger partial charge on any atom is -0.481 e. The first-order valence-corrected chi connectivity index (χ1v) is 8.42. The highest BCUT2D eigenvalue weighted by atomic mass is 32.2. The zero-order valence-electron chi connectivity index (χ0n) is 13.5. The summed E-state index contributed by atoms with van der Waals surface area (Å²) in [6.07, 6.45) is 3.54. The van der Waals surface area contributed by atoms with E-state index in [2.05, 4.69) is 49.4 Å². The molecule has 0 amide bonds. The van der Waals surface area contributed by atoms with Crippen molar-refractivity contribution in [1.29, 1.82) is 0 Å². The van der Waals surface area contributed by atoms with Gasteiger partial charge in [0, 0.05) is 11.5 Å². The van der Waals surface area contributed by atoms with Crippen molar-refractivity contribution in [2.45, 2.75) is 70.5 Å². The fraction of sp³-hybridized carbons (Fsp3) is 0.800. The zero-order chi connectivity index (χ0) is 15.8. The van der Waals surface area contributed by atoms with Crippen LogP contribution in [0.5, 0.6) is 0 Å². The molecule has 0 bridgehead atoms. The standard InChI is InChI=1S/C15H25N3O2S/c1-14(2,3)18-12(10-7-6-8-15(10,4)5)16-17-13(18)21-9-11(19)20/h10H,6-9H2,1-5H3,(H,19,20). The molecule has 5 nitrogen and oxygen atoms in total. The van der Waals surface area contributed by atoms with Gasteiger partial charge in [-0.25, -0.2) is 0 Å². The van der Waals surface area contributed by atoms with Crippen molar-refractivity contribution in [3.8, 4) is 0 Å². The predicted molar refractivity (Wildman–Crippen MR) is 83.8 cm³/mol. The third-order valence-corrected chi connectivity index (χ3v) is 5.14. The quantitative estimate of drug-likeness (QED) is 0.862. The van der Waals surface area contributed by atoms with Crippen LogP contribution >= 0.6 is 11.8 Å². The molecule has 6 heteroatoms. The topological polar surface area (TPSA) is 68.0 Å². The van der Waals surface area contributed by atoms with Crippen molar-refractivity contribution in [3.05, 3.63) is 5.82 Å². The van der Waals surface area contributed by atoms with Crippen molar-refractivity contribution in [2.24, 2.45) is 5.41 Å². The molecule has 1 unspecified atom stereocenters. The van der Waals surface area contributed by atoms with Gasteiger partial charge in [-0.3, -0.25) is 4.79 Å². The molecule has 1 aliphatic carbocycles. The number of hydrogen-bond acceptors (Lipinski definition) is 4. The largest absolute Gasteiger partial charge is 0.481 e. The van der Waals surface area contributed by atoms with E-state index in [0.29, 0.717) is 11.1 Å². The van der Waals surface area contributed by atoms with Gasteiger partial charge < -0.3 is 9.67 Å². The second-order valence-corrected chi connectivity index (χ2v) is 8.41. The van der Waals surface area contributed by atoms with Crippen LogP contribution in [0.3, 0.4) is 0 Å². The Labute approximate surface area is 130 Å². The molecule has 1 saturated carbocycles. The molecule has 0 radical (unpaired) electrons. The van der Waals surface area contributed by atoms with Gasteiger partial charge in [-0.2, -0.15) is 0 Å². The molecule has 0 aliphatic heterocycles. The maximum Gasteiger partial charge on any atom is 0.313 e. The Balaban J connectivity index is 2.40. The predicted octanol–water partition coefficient (Wildman–Crippen LogP) is 3.50. The van der Waals surface area contributed by atoms with Crippen LogP contribution in [-0.2, 0) is 10.3 Å². The molecule has 1 heterocycles. The monoisotopic (exact) mass is 311 g/mol. The Hall–Kier alpha value is -1.04. The summed E-state index contributed by atoms with van der Waals surface area (Å²) in [6, 6.07) is 0. The van der Waals surface area contributed by atoms with Crippen LogP contribution in [0.2, 0.25) is 0 Å². The zero-order valence-corrected chi connectivity index (χ0v) is 14.3. The van der Waals surface area contributed by atoms with E-state index in [9.17, 15) is 4.79 Å². The summed E-state index contributed by atoms with van der Waals surface area (Å²) in [5, 5.41) is 18.3. The molecule has 1 atom stereocenters. The first-order chi connectivity index (χ1) is 9.63. The molecule has 2 rings (SSSR count). The van der Waals surface area contributed by atoms with Gasteiger partial charge in [0.25, 0.3) is 0 Å². The lowest BCUT2D eigenvalue weighted by atomic mass is 9.81. The van der Waals surface area contributed by atoms with E-state index in [1.165, 1.54) is 24.6 Å². The van der Waals surface area contributed by atoms with Crippen molar-refractivity contribution >= 4 is 17.7 Å². The van der Waals surface area contributed by atoms with Crippen LogP contribution in [0.15, 0.2) is 5.16 Å². The number of rotatable bonds is 4. The van der Waals surface area contributed by atoms with Crippen LogP contribution in [0.4, 0.5) is 0 Å². The number of carbonyl (C=O) groups is 1. The number of nitrogens with zero attached hydrogens (tertiary/aromatic N) is 3. The lowest BCUT2D eigenvalue weighted by molar-refractivity contribution is -0.133. The minimum absolute atomic E-state index is 0.0161. The summed E-state index contributed by atoms with van der Waals surface area (Å²) in [4.78, 5) is 10.8. The highest BCUT2D eigenvalue weighted by molar-refractivity contribution is 7.99. The lowest BCUT2D eigenvalue weighted by Gasteiger charge is -2.31. The van der Waals surface area contributed by atoms with E-state index in [0.717, 1.165) is 12.2 Å². The molecule has 0 aromatic carbocycles. The Kier molecular flexibility index (Phi) is 4.38. The second kappa shape index (κ2) is 5.63. The van der Waals surface area contributed by atoms with Crippen molar-refractivity contribution < 1.29 is 9.90 Å². The normalized spacial score (nSPS) is 21.7. The van der Waals surface area contributed by atoms with Crippen LogP contribution in [0, 0.1) is 5.41 Å². The van der Waals surface area contributed by atoms with E-state index in [-0.39, 0.29) is 16.7 Å². The van der Waals surface area contributed by atoms with E-state index in [4.69, 9.17) is 5.11 Å². The Morgan fingerprint density at radius 2 is 2.10 bits per heavy atom. The van der Waals surface area contributed by atoms with Gasteiger partial charge in [0.15, 0.2) is 5.16 Å². The first kappa shape index (κ1) is 16.3. The number of carboxylic acid groups (broad SMARTS) is 1. The van der Waals surface area contributed by atoms with Gasteiger partial charge in [0.05, 0.1) is 5.75 Å². The molecule has 1 aromatic rings. The number of hydrogen-bond donors (Lipinski definition) is 1. The van der Waals surface area contributed by atoms with Gasteiger partial charge in [0.2, 0.25) is 0 Å². The molecule has 1 aliphatic rings. The SMILES string of the molecule is CC1(C)CCCC1c1nnc(SCC(=O)O)n1C(C)(C)C. The fourth-order valence-electron chi connectivity index (χ4n) is 3.16. The fourth-order valence-corrected chi connectivity index (χ4v) is 4.01. The first-order valence-electron chi connectivity index (χ1n) is 7.43. The molecule has 21 heavy (non-hydrogen) atoms. The molecule has 0 spiro atoms. The number of thioether (sulfide) groups is 1. The van der Waals surface area contributed by atoms with Crippen molar-refractivity contribution in [3.63, 3.8) is 0 Å². The Morgan fingerprint density at radius 3 is 2.57 bits per heavy atom. The number of carboxylic acids is 1. The average Bonchev–Trinajstić information content (AvgIpc) is 2.88. The average molecular weight is 311 g/mol. The minimum atomic E-state index is -0.828. The van der Waals surface area contributed by atoms with E-state index >= 15 is 0 Å². The Bertz CT molecular complexity index is 532. The maximum absolute atomic E-state index is 10.8. The molecule has 1 N–H and O–H groups in total. The molecule has 1 fully saturated rings. The lowest BCUT2D eigenvalue weighted by Crippen LogP contribution is -2.29. The maximum atomic E-state index is 10.8. The Morgan fingerprint density at radius 1 is 1.43 bits per heavy atom. The highest BCUT2D eigenvalue weighted by Crippen LogP contribution is 2.49. The van der Waals surface area contributed by atoms with Crippen LogP contribution < -0.4 is 0 Å². The second-order valence-electron chi connectivity index (χ2n) is 7.46. The van der Waals surface area contributed by atoms with Gasteiger partial charge >= 0.3 is 5.97 Å². The smallest absolute Gasteiger partial charge is 0.313 e. The van der Waals surface area contributed by atoms with Gasteiger partial charge in [-0.1, -0.05) is 32.0 Å². The summed E-state index contributed by atoms with van der Waals surface area (Å²) >= 11 is 1.25. The molecular weight excluding hydrogens is 286 g/mol. The number of aromatic nitrogens is 3. The van der Waals surface area contributed by atoms with E-state index < -0.39 is 5.97 Å². The molecule has 0 saturated heterocycles. The van der Waals surface area contributed by atoms with Crippen molar-refractivity contribution in [1.82, 2.24) is 14.8 Å². The van der Waals surface area contributed by atoms with Gasteiger partial charge in [0.1, 0.15) is 5.82 Å². The van der Waals surface area contributed by atoms with Crippen LogP contribution in [0.25, 0.3) is 0 Å². The number of aliphatic carboxylic acids is 1. The van der Waals surface area contributed by atoms with E-state index in [1.54, 1.807) is 0 Å². The van der Waals surface area contributed by atoms with Crippen LogP contribution in [-0.4, -0.2) is 31.6 Å². The third kappa shape index (κ3) is 3.42. The van der Waals surface area contributed by atoms with Crippen LogP contribution in [0.1, 0.15) is 65.6 Å². The van der Waals surface area contributed by atoms with Crippen molar-refractivity contribution in [2.75, 3.05) is 5.75 Å². The molecule has 1 aromatic heterocycles.